The fourth-order valence-electron chi connectivity index (χ4n) is 3.58. The number of aromatic hydroxyl groups is 1. The highest BCUT2D eigenvalue weighted by molar-refractivity contribution is 5.80. The van der Waals surface area contributed by atoms with E-state index in [9.17, 15) is 5.11 Å². The average Bonchev–Trinajstić information content (AvgIpc) is 3.22. The quantitative estimate of drug-likeness (QED) is 0.591. The molecule has 2 N–H and O–H groups in total. The van der Waals surface area contributed by atoms with Crippen molar-refractivity contribution in [1.29, 1.82) is 0 Å². The summed E-state index contributed by atoms with van der Waals surface area (Å²) in [4.78, 5) is 7.13. The molecule has 0 aromatic heterocycles. The Balaban J connectivity index is 1.75. The molecule has 1 aliphatic heterocycles. The second-order valence-electron chi connectivity index (χ2n) is 6.86. The third-order valence-electron chi connectivity index (χ3n) is 5.04. The largest absolute Gasteiger partial charge is 0.502 e. The van der Waals surface area contributed by atoms with Crippen LogP contribution in [0, 0.1) is 0 Å². The summed E-state index contributed by atoms with van der Waals surface area (Å²) in [5.41, 5.74) is 2.30. The highest BCUT2D eigenvalue weighted by Gasteiger charge is 2.25. The smallest absolute Gasteiger partial charge is 0.200 e. The lowest BCUT2D eigenvalue weighted by atomic mass is 9.99. The molecule has 6 nitrogen and oxygen atoms in total. The molecule has 1 saturated heterocycles. The van der Waals surface area contributed by atoms with Gasteiger partial charge in [-0.15, -0.1) is 0 Å². The molecule has 6 heteroatoms. The van der Waals surface area contributed by atoms with Crippen molar-refractivity contribution in [1.82, 2.24) is 10.2 Å². The van der Waals surface area contributed by atoms with Crippen molar-refractivity contribution < 1.29 is 14.6 Å². The first-order valence-electron chi connectivity index (χ1n) is 9.68. The first kappa shape index (κ1) is 19.9. The number of likely N-dealkylation sites (tertiary alicyclic amines) is 1. The number of aliphatic imine (C=N–C) groups is 1. The van der Waals surface area contributed by atoms with E-state index in [1.54, 1.807) is 12.1 Å². The van der Waals surface area contributed by atoms with Gasteiger partial charge >= 0.3 is 0 Å². The van der Waals surface area contributed by atoms with E-state index in [2.05, 4.69) is 47.5 Å². The number of hydrogen-bond acceptors (Lipinski definition) is 4. The van der Waals surface area contributed by atoms with E-state index in [0.29, 0.717) is 24.0 Å². The van der Waals surface area contributed by atoms with Crippen LogP contribution in [0.4, 0.5) is 0 Å². The predicted octanol–water partition coefficient (Wildman–Crippen LogP) is 3.36. The Morgan fingerprint density at radius 3 is 2.46 bits per heavy atom. The summed E-state index contributed by atoms with van der Waals surface area (Å²) >= 11 is 0. The SMILES string of the molecule is CCNC(=NCc1cc(OC)c(O)c(OC)c1)N1CCC(c2ccccc2)C1. The molecule has 2 aromatic rings. The van der Waals surface area contributed by atoms with Crippen molar-refractivity contribution in [2.45, 2.75) is 25.8 Å². The lowest BCUT2D eigenvalue weighted by Gasteiger charge is -2.22. The number of benzene rings is 2. The van der Waals surface area contributed by atoms with Gasteiger partial charge in [-0.05, 0) is 36.6 Å². The van der Waals surface area contributed by atoms with Crippen molar-refractivity contribution >= 4 is 5.96 Å². The van der Waals surface area contributed by atoms with Crippen LogP contribution >= 0.6 is 0 Å². The Hall–Kier alpha value is -2.89. The minimum absolute atomic E-state index is 0.00915. The van der Waals surface area contributed by atoms with Crippen LogP contribution in [0.15, 0.2) is 47.5 Å². The highest BCUT2D eigenvalue weighted by Crippen LogP contribution is 2.37. The number of nitrogens with zero attached hydrogens (tertiary/aromatic N) is 2. The van der Waals surface area contributed by atoms with Crippen LogP contribution in [0.3, 0.4) is 0 Å². The van der Waals surface area contributed by atoms with Crippen molar-refractivity contribution in [3.63, 3.8) is 0 Å². The van der Waals surface area contributed by atoms with E-state index in [-0.39, 0.29) is 5.75 Å². The minimum atomic E-state index is 0.00915. The molecule has 0 bridgehead atoms. The van der Waals surface area contributed by atoms with Gasteiger partial charge in [-0.25, -0.2) is 4.99 Å². The Morgan fingerprint density at radius 1 is 1.18 bits per heavy atom. The van der Waals surface area contributed by atoms with E-state index < -0.39 is 0 Å². The number of guanidine groups is 1. The van der Waals surface area contributed by atoms with Crippen molar-refractivity contribution in [3.05, 3.63) is 53.6 Å². The summed E-state index contributed by atoms with van der Waals surface area (Å²) in [7, 11) is 3.05. The number of rotatable bonds is 6. The molecule has 2 aromatic carbocycles. The lowest BCUT2D eigenvalue weighted by Crippen LogP contribution is -2.40. The maximum atomic E-state index is 10.1. The molecule has 0 radical (unpaired) electrons. The van der Waals surface area contributed by atoms with Gasteiger partial charge in [0.05, 0.1) is 20.8 Å². The maximum Gasteiger partial charge on any atom is 0.200 e. The number of ether oxygens (including phenoxy) is 2. The zero-order valence-corrected chi connectivity index (χ0v) is 16.8. The van der Waals surface area contributed by atoms with E-state index in [4.69, 9.17) is 14.5 Å². The number of phenols is 1. The molecule has 0 amide bonds. The summed E-state index contributed by atoms with van der Waals surface area (Å²) in [6.45, 7) is 5.30. The number of methoxy groups -OCH3 is 2. The standard InChI is InChI=1S/C22H29N3O3/c1-4-23-22(25-11-10-18(15-25)17-8-6-5-7-9-17)24-14-16-12-19(27-2)21(26)20(13-16)28-3/h5-9,12-13,18,26H,4,10-11,14-15H2,1-3H3,(H,23,24). The van der Waals surface area contributed by atoms with Crippen LogP contribution in [0.2, 0.25) is 0 Å². The molecule has 3 rings (SSSR count). The van der Waals surface area contributed by atoms with Gasteiger partial charge in [-0.3, -0.25) is 0 Å². The van der Waals surface area contributed by atoms with Crippen LogP contribution in [0.1, 0.15) is 30.4 Å². The molecule has 150 valence electrons. The van der Waals surface area contributed by atoms with E-state index in [0.717, 1.165) is 37.6 Å². The first-order valence-corrected chi connectivity index (χ1v) is 9.68. The summed E-state index contributed by atoms with van der Waals surface area (Å²) in [5, 5.41) is 13.5. The fraction of sp³-hybridized carbons (Fsp3) is 0.409. The van der Waals surface area contributed by atoms with E-state index in [1.165, 1.54) is 19.8 Å². The first-order chi connectivity index (χ1) is 13.7. The van der Waals surface area contributed by atoms with Crippen molar-refractivity contribution in [2.24, 2.45) is 4.99 Å². The fourth-order valence-corrected chi connectivity index (χ4v) is 3.58. The Labute approximate surface area is 166 Å². The molecule has 1 aliphatic rings. The van der Waals surface area contributed by atoms with Gasteiger partial charge in [0.25, 0.3) is 0 Å². The molecule has 1 unspecified atom stereocenters. The molecule has 1 fully saturated rings. The Kier molecular flexibility index (Phi) is 6.63. The second-order valence-corrected chi connectivity index (χ2v) is 6.86. The monoisotopic (exact) mass is 383 g/mol. The Morgan fingerprint density at radius 2 is 1.86 bits per heavy atom. The second kappa shape index (κ2) is 9.35. The van der Waals surface area contributed by atoms with Gasteiger partial charge in [0, 0.05) is 25.6 Å². The number of hydrogen-bond donors (Lipinski definition) is 2. The molecule has 0 aliphatic carbocycles. The van der Waals surface area contributed by atoms with Crippen LogP contribution in [0.25, 0.3) is 0 Å². The van der Waals surface area contributed by atoms with Crippen molar-refractivity contribution in [2.75, 3.05) is 33.9 Å². The zero-order valence-electron chi connectivity index (χ0n) is 16.8. The predicted molar refractivity (Wildman–Crippen MR) is 111 cm³/mol. The Bertz CT molecular complexity index is 783. The zero-order chi connectivity index (χ0) is 19.9. The van der Waals surface area contributed by atoms with E-state index in [1.807, 2.05) is 0 Å². The summed E-state index contributed by atoms with van der Waals surface area (Å²) in [6.07, 6.45) is 1.12. The van der Waals surface area contributed by atoms with Gasteiger partial charge in [0.2, 0.25) is 5.75 Å². The normalized spacial score (nSPS) is 16.9. The van der Waals surface area contributed by atoms with Gasteiger partial charge in [0.1, 0.15) is 0 Å². The highest BCUT2D eigenvalue weighted by atomic mass is 16.5. The molecule has 28 heavy (non-hydrogen) atoms. The summed E-state index contributed by atoms with van der Waals surface area (Å²) in [5.74, 6) is 2.22. The molecule has 1 atom stereocenters. The molecule has 1 heterocycles. The van der Waals surface area contributed by atoms with E-state index >= 15 is 0 Å². The van der Waals surface area contributed by atoms with Crippen LogP contribution in [-0.2, 0) is 6.54 Å². The van der Waals surface area contributed by atoms with Gasteiger partial charge in [0.15, 0.2) is 17.5 Å². The minimum Gasteiger partial charge on any atom is -0.502 e. The molecule has 0 spiro atoms. The van der Waals surface area contributed by atoms with Gasteiger partial charge in [-0.1, -0.05) is 30.3 Å². The summed E-state index contributed by atoms with van der Waals surface area (Å²) < 4.78 is 10.5. The average molecular weight is 383 g/mol. The van der Waals surface area contributed by atoms with Gasteiger partial charge < -0.3 is 24.8 Å². The topological polar surface area (TPSA) is 66.3 Å². The number of phenolic OH excluding ortho intramolecular Hbond substituents is 1. The van der Waals surface area contributed by atoms with Crippen LogP contribution < -0.4 is 14.8 Å². The third kappa shape index (κ3) is 4.50. The maximum absolute atomic E-state index is 10.1. The summed E-state index contributed by atoms with van der Waals surface area (Å²) in [6, 6.07) is 14.2. The van der Waals surface area contributed by atoms with Gasteiger partial charge in [-0.2, -0.15) is 0 Å². The number of nitrogens with one attached hydrogen (secondary N) is 1. The van der Waals surface area contributed by atoms with Crippen LogP contribution in [-0.4, -0.2) is 49.8 Å². The molecular weight excluding hydrogens is 354 g/mol. The van der Waals surface area contributed by atoms with Crippen molar-refractivity contribution in [3.8, 4) is 17.2 Å². The lowest BCUT2D eigenvalue weighted by molar-refractivity contribution is 0.339. The molecule has 0 saturated carbocycles. The third-order valence-corrected chi connectivity index (χ3v) is 5.04. The van der Waals surface area contributed by atoms with Crippen LogP contribution in [0.5, 0.6) is 17.2 Å². The molecular formula is C22H29N3O3.